The number of nitrogens with zero attached hydrogens (tertiary/aromatic N) is 1. The van der Waals surface area contributed by atoms with E-state index in [9.17, 15) is 13.9 Å². The quantitative estimate of drug-likeness (QED) is 0.689. The van der Waals surface area contributed by atoms with Crippen molar-refractivity contribution < 1.29 is 13.9 Å². The van der Waals surface area contributed by atoms with Gasteiger partial charge in [0.2, 0.25) is 5.91 Å². The molecular weight excluding hydrogens is 246 g/mol. The van der Waals surface area contributed by atoms with Crippen LogP contribution < -0.4 is 0 Å². The fraction of sp³-hybridized carbons (Fsp3) is 0.833. The standard InChI is InChI=1S/C6H12BrNO3S/c7-5-6(9)8-1-3-12(10,11)4-2-8/h10-11H,1-5H2. The number of hydrogen-bond acceptors (Lipinski definition) is 3. The third-order valence-electron chi connectivity index (χ3n) is 1.84. The SMILES string of the molecule is O=C(CBr)N1CCS(O)(O)CC1. The lowest BCUT2D eigenvalue weighted by Gasteiger charge is -2.40. The van der Waals surface area contributed by atoms with E-state index in [2.05, 4.69) is 15.9 Å². The van der Waals surface area contributed by atoms with Crippen LogP contribution in [-0.4, -0.2) is 49.8 Å². The van der Waals surface area contributed by atoms with Crippen molar-refractivity contribution in [2.24, 2.45) is 0 Å². The summed E-state index contributed by atoms with van der Waals surface area (Å²) in [6, 6.07) is 0. The fourth-order valence-corrected chi connectivity index (χ4v) is 2.64. The molecule has 0 saturated carbocycles. The predicted octanol–water partition coefficient (Wildman–Crippen LogP) is 0.974. The van der Waals surface area contributed by atoms with Gasteiger partial charge in [-0.15, -0.1) is 0 Å². The van der Waals surface area contributed by atoms with Crippen LogP contribution in [0.4, 0.5) is 0 Å². The van der Waals surface area contributed by atoms with Gasteiger partial charge in [0.25, 0.3) is 0 Å². The topological polar surface area (TPSA) is 60.8 Å². The minimum Gasteiger partial charge on any atom is -0.339 e. The highest BCUT2D eigenvalue weighted by Gasteiger charge is 2.24. The van der Waals surface area contributed by atoms with Gasteiger partial charge in [-0.25, -0.2) is 0 Å². The van der Waals surface area contributed by atoms with Gasteiger partial charge >= 0.3 is 0 Å². The molecule has 4 nitrogen and oxygen atoms in total. The fourth-order valence-electron chi connectivity index (χ4n) is 1.06. The highest BCUT2D eigenvalue weighted by atomic mass is 79.9. The lowest BCUT2D eigenvalue weighted by Crippen LogP contribution is -2.42. The molecule has 1 fully saturated rings. The summed E-state index contributed by atoms with van der Waals surface area (Å²) in [7, 11) is -2.37. The first-order valence-electron chi connectivity index (χ1n) is 3.62. The summed E-state index contributed by atoms with van der Waals surface area (Å²) < 4.78 is 18.5. The van der Waals surface area contributed by atoms with Gasteiger partial charge in [0, 0.05) is 13.1 Å². The number of alkyl halides is 1. The second-order valence-corrected chi connectivity index (χ2v) is 5.71. The highest BCUT2D eigenvalue weighted by molar-refractivity contribution is 9.09. The molecule has 0 aromatic heterocycles. The first-order chi connectivity index (χ1) is 5.55. The summed E-state index contributed by atoms with van der Waals surface area (Å²) in [6.07, 6.45) is 0. The van der Waals surface area contributed by atoms with Crippen LogP contribution in [-0.2, 0) is 4.79 Å². The van der Waals surface area contributed by atoms with Gasteiger partial charge in [-0.1, -0.05) is 15.9 Å². The molecule has 1 saturated heterocycles. The molecule has 0 aromatic carbocycles. The van der Waals surface area contributed by atoms with E-state index >= 15 is 0 Å². The molecule has 2 N–H and O–H groups in total. The van der Waals surface area contributed by atoms with E-state index in [1.54, 1.807) is 4.90 Å². The van der Waals surface area contributed by atoms with Crippen molar-refractivity contribution in [3.63, 3.8) is 0 Å². The number of carbonyl (C=O) groups excluding carboxylic acids is 1. The molecule has 1 aliphatic rings. The Labute approximate surface area is 81.4 Å². The van der Waals surface area contributed by atoms with Crippen molar-refractivity contribution in [2.45, 2.75) is 0 Å². The summed E-state index contributed by atoms with van der Waals surface area (Å²) in [5.74, 6) is 0.669. The molecule has 72 valence electrons. The van der Waals surface area contributed by atoms with Crippen LogP contribution in [0, 0.1) is 0 Å². The lowest BCUT2D eigenvalue weighted by atomic mass is 10.5. The second-order valence-electron chi connectivity index (χ2n) is 2.72. The second kappa shape index (κ2) is 3.95. The van der Waals surface area contributed by atoms with E-state index in [-0.39, 0.29) is 5.91 Å². The normalized spacial score (nSPS) is 25.1. The minimum atomic E-state index is -2.37. The Morgan fingerprint density at radius 1 is 1.42 bits per heavy atom. The molecule has 1 rings (SSSR count). The van der Waals surface area contributed by atoms with Gasteiger partial charge in [0.1, 0.15) is 0 Å². The van der Waals surface area contributed by atoms with E-state index in [1.807, 2.05) is 0 Å². The van der Waals surface area contributed by atoms with Crippen molar-refractivity contribution in [1.82, 2.24) is 4.90 Å². The number of hydrogen-bond donors (Lipinski definition) is 2. The summed E-state index contributed by atoms with van der Waals surface area (Å²) in [4.78, 5) is 12.7. The largest absolute Gasteiger partial charge is 0.339 e. The van der Waals surface area contributed by atoms with Crippen LogP contribution in [0.25, 0.3) is 0 Å². The number of rotatable bonds is 1. The summed E-state index contributed by atoms with van der Waals surface area (Å²) in [5.41, 5.74) is 0. The Balaban J connectivity index is 2.41. The van der Waals surface area contributed by atoms with Gasteiger partial charge < -0.3 is 4.90 Å². The van der Waals surface area contributed by atoms with Crippen LogP contribution >= 0.6 is 26.5 Å². The van der Waals surface area contributed by atoms with E-state index in [4.69, 9.17) is 0 Å². The molecule has 0 spiro atoms. The van der Waals surface area contributed by atoms with E-state index in [0.717, 1.165) is 0 Å². The zero-order chi connectivity index (χ0) is 9.19. The van der Waals surface area contributed by atoms with Gasteiger partial charge in [-0.05, 0) is 0 Å². The van der Waals surface area contributed by atoms with Crippen molar-refractivity contribution in [3.8, 4) is 0 Å². The Kier molecular flexibility index (Phi) is 3.39. The summed E-state index contributed by atoms with van der Waals surface area (Å²) in [6.45, 7) is 0.930. The average Bonchev–Trinajstić information content (AvgIpc) is 2.03. The minimum absolute atomic E-state index is 0.0184. The monoisotopic (exact) mass is 257 g/mol. The molecule has 1 aliphatic heterocycles. The Hall–Kier alpha value is 0.220. The van der Waals surface area contributed by atoms with E-state index in [0.29, 0.717) is 29.9 Å². The van der Waals surface area contributed by atoms with E-state index in [1.165, 1.54) is 0 Å². The zero-order valence-electron chi connectivity index (χ0n) is 6.57. The maximum Gasteiger partial charge on any atom is 0.233 e. The van der Waals surface area contributed by atoms with Gasteiger partial charge in [-0.3, -0.25) is 13.9 Å². The van der Waals surface area contributed by atoms with Crippen molar-refractivity contribution in [1.29, 1.82) is 0 Å². The molecule has 0 aliphatic carbocycles. The average molecular weight is 258 g/mol. The Bertz CT molecular complexity index is 178. The lowest BCUT2D eigenvalue weighted by molar-refractivity contribution is -0.127. The summed E-state index contributed by atoms with van der Waals surface area (Å²) >= 11 is 3.07. The highest BCUT2D eigenvalue weighted by Crippen LogP contribution is 2.40. The molecule has 12 heavy (non-hydrogen) atoms. The van der Waals surface area contributed by atoms with Crippen molar-refractivity contribution in [3.05, 3.63) is 0 Å². The summed E-state index contributed by atoms with van der Waals surface area (Å²) in [5, 5.41) is 0.312. The number of amides is 1. The molecule has 0 aromatic rings. The van der Waals surface area contributed by atoms with Crippen LogP contribution in [0.1, 0.15) is 0 Å². The smallest absolute Gasteiger partial charge is 0.233 e. The van der Waals surface area contributed by atoms with Crippen LogP contribution in [0.3, 0.4) is 0 Å². The van der Waals surface area contributed by atoms with Crippen LogP contribution in [0.15, 0.2) is 0 Å². The van der Waals surface area contributed by atoms with Gasteiger partial charge in [0.15, 0.2) is 0 Å². The third kappa shape index (κ3) is 2.62. The Morgan fingerprint density at radius 2 is 1.92 bits per heavy atom. The number of halogens is 1. The Morgan fingerprint density at radius 3 is 2.33 bits per heavy atom. The molecule has 0 radical (unpaired) electrons. The molecule has 0 bridgehead atoms. The molecule has 1 heterocycles. The molecule has 1 amide bonds. The maximum atomic E-state index is 11.1. The number of carbonyl (C=O) groups is 1. The third-order valence-corrected chi connectivity index (χ3v) is 4.00. The van der Waals surface area contributed by atoms with Gasteiger partial charge in [0.05, 0.1) is 16.8 Å². The van der Waals surface area contributed by atoms with E-state index < -0.39 is 10.6 Å². The van der Waals surface area contributed by atoms with Crippen molar-refractivity contribution >= 4 is 32.4 Å². The zero-order valence-corrected chi connectivity index (χ0v) is 8.97. The molecule has 0 atom stereocenters. The molecular formula is C6H12BrNO3S. The van der Waals surface area contributed by atoms with Crippen LogP contribution in [0.5, 0.6) is 0 Å². The first-order valence-corrected chi connectivity index (χ1v) is 6.63. The predicted molar refractivity (Wildman–Crippen MR) is 53.0 cm³/mol. The maximum absolute atomic E-state index is 11.1. The van der Waals surface area contributed by atoms with Crippen molar-refractivity contribution in [2.75, 3.05) is 29.9 Å². The van der Waals surface area contributed by atoms with Gasteiger partial charge in [-0.2, -0.15) is 10.6 Å². The molecule has 0 unspecified atom stereocenters. The first kappa shape index (κ1) is 10.3. The molecule has 6 heteroatoms. The van der Waals surface area contributed by atoms with Crippen LogP contribution in [0.2, 0.25) is 0 Å².